The van der Waals surface area contributed by atoms with Crippen LogP contribution in [0.25, 0.3) is 0 Å². The molecule has 7 heteroatoms. The Morgan fingerprint density at radius 2 is 1.74 bits per heavy atom. The maximum absolute atomic E-state index is 12.4. The van der Waals surface area contributed by atoms with Crippen molar-refractivity contribution in [1.82, 2.24) is 0 Å². The quantitative estimate of drug-likeness (QED) is 0.288. The van der Waals surface area contributed by atoms with Crippen molar-refractivity contribution in [3.63, 3.8) is 0 Å². The Bertz CT molecular complexity index is 694. The van der Waals surface area contributed by atoms with Crippen LogP contribution in [-0.4, -0.2) is 33.3 Å². The molecule has 0 amide bonds. The van der Waals surface area contributed by atoms with E-state index in [4.69, 9.17) is 18.6 Å². The topological polar surface area (TPSA) is 54.0 Å². The third kappa shape index (κ3) is 5.48. The Balaban J connectivity index is 1.90. The van der Waals surface area contributed by atoms with Crippen molar-refractivity contribution >= 4 is 30.2 Å². The molecule has 1 aromatic carbocycles. The van der Waals surface area contributed by atoms with Crippen molar-refractivity contribution in [3.8, 4) is 11.5 Å². The first-order valence-corrected chi connectivity index (χ1v) is 13.1. The highest BCUT2D eigenvalue weighted by Crippen LogP contribution is 2.42. The minimum atomic E-state index is -1.70. The van der Waals surface area contributed by atoms with Gasteiger partial charge in [-0.05, 0) is 59.0 Å². The summed E-state index contributed by atoms with van der Waals surface area (Å²) in [5, 5.41) is 0.216. The first kappa shape index (κ1) is 22.2. The van der Waals surface area contributed by atoms with Crippen molar-refractivity contribution in [2.24, 2.45) is 0 Å². The standard InChI is InChI=1S/C20H31BrO5Si/c1-19(2,3)27(6,7)24-13-9-8-12-23-15-11-10-14(21)17-16(15)18(22)26-20(4,5)25-17/h10-11H,8-9,12-13H2,1-7H3. The minimum absolute atomic E-state index is 0.216. The molecular formula is C20H31BrO5Si. The number of carbonyl (C=O) groups excluding carboxylic acids is 1. The van der Waals surface area contributed by atoms with E-state index in [0.717, 1.165) is 19.4 Å². The predicted octanol–water partition coefficient (Wildman–Crippen LogP) is 5.92. The number of fused-ring (bicyclic) bond motifs is 1. The molecule has 1 heterocycles. The Morgan fingerprint density at radius 1 is 1.11 bits per heavy atom. The molecule has 0 aliphatic carbocycles. The van der Waals surface area contributed by atoms with Gasteiger partial charge in [0.05, 0.1) is 11.1 Å². The van der Waals surface area contributed by atoms with Crippen LogP contribution in [0.3, 0.4) is 0 Å². The van der Waals surface area contributed by atoms with Gasteiger partial charge in [-0.25, -0.2) is 4.79 Å². The second kappa shape index (κ2) is 8.13. The first-order valence-electron chi connectivity index (χ1n) is 9.36. The lowest BCUT2D eigenvalue weighted by Crippen LogP contribution is -2.41. The molecule has 0 aromatic heterocycles. The number of halogens is 1. The van der Waals surface area contributed by atoms with Gasteiger partial charge in [0, 0.05) is 20.5 Å². The smallest absolute Gasteiger partial charge is 0.349 e. The SMILES string of the molecule is CC1(C)OC(=O)c2c(OCCCCO[Si](C)(C)C(C)(C)C)ccc(Br)c2O1. The van der Waals surface area contributed by atoms with Gasteiger partial charge in [0.2, 0.25) is 5.79 Å². The number of carbonyl (C=O) groups is 1. The molecule has 0 fully saturated rings. The molecule has 1 aliphatic rings. The number of benzene rings is 1. The zero-order valence-corrected chi connectivity index (χ0v) is 20.0. The third-order valence-electron chi connectivity index (χ3n) is 5.03. The van der Waals surface area contributed by atoms with E-state index < -0.39 is 20.1 Å². The number of hydrogen-bond donors (Lipinski definition) is 0. The molecule has 0 spiro atoms. The van der Waals surface area contributed by atoms with Gasteiger partial charge in [-0.3, -0.25) is 0 Å². The van der Waals surface area contributed by atoms with Crippen LogP contribution in [-0.2, 0) is 9.16 Å². The second-order valence-electron chi connectivity index (χ2n) is 8.81. The molecule has 27 heavy (non-hydrogen) atoms. The average Bonchev–Trinajstić information content (AvgIpc) is 2.50. The molecule has 5 nitrogen and oxygen atoms in total. The average molecular weight is 459 g/mol. The van der Waals surface area contributed by atoms with Gasteiger partial charge in [-0.1, -0.05) is 20.8 Å². The molecule has 1 aromatic rings. The number of esters is 1. The maximum atomic E-state index is 12.4. The molecule has 0 N–H and O–H groups in total. The lowest BCUT2D eigenvalue weighted by molar-refractivity contribution is -0.128. The van der Waals surface area contributed by atoms with E-state index in [1.54, 1.807) is 19.9 Å². The highest BCUT2D eigenvalue weighted by molar-refractivity contribution is 9.10. The summed E-state index contributed by atoms with van der Waals surface area (Å²) in [5.74, 6) is -0.473. The molecule has 152 valence electrons. The van der Waals surface area contributed by atoms with Crippen molar-refractivity contribution in [3.05, 3.63) is 22.2 Å². The second-order valence-corrected chi connectivity index (χ2v) is 14.5. The number of cyclic esters (lactones) is 1. The summed E-state index contributed by atoms with van der Waals surface area (Å²) in [7, 11) is -1.70. The Labute approximate surface area is 172 Å². The van der Waals surface area contributed by atoms with Gasteiger partial charge >= 0.3 is 5.97 Å². The monoisotopic (exact) mass is 458 g/mol. The first-order chi connectivity index (χ1) is 12.3. The van der Waals surface area contributed by atoms with E-state index in [9.17, 15) is 4.79 Å². The van der Waals surface area contributed by atoms with E-state index in [0.29, 0.717) is 28.1 Å². The van der Waals surface area contributed by atoms with Gasteiger partial charge in [-0.2, -0.15) is 0 Å². The maximum Gasteiger partial charge on any atom is 0.349 e. The van der Waals surface area contributed by atoms with E-state index >= 15 is 0 Å². The van der Waals surface area contributed by atoms with Crippen LogP contribution in [0.2, 0.25) is 18.1 Å². The summed E-state index contributed by atoms with van der Waals surface area (Å²) in [6.07, 6.45) is 1.76. The molecule has 0 atom stereocenters. The fourth-order valence-electron chi connectivity index (χ4n) is 2.42. The van der Waals surface area contributed by atoms with Crippen molar-refractivity contribution in [2.75, 3.05) is 13.2 Å². The van der Waals surface area contributed by atoms with Crippen molar-refractivity contribution in [1.29, 1.82) is 0 Å². The molecule has 0 unspecified atom stereocenters. The van der Waals surface area contributed by atoms with E-state index in [-0.39, 0.29) is 5.04 Å². The molecule has 0 radical (unpaired) electrons. The number of hydrogen-bond acceptors (Lipinski definition) is 5. The Hall–Kier alpha value is -1.05. The highest BCUT2D eigenvalue weighted by atomic mass is 79.9. The third-order valence-corrected chi connectivity index (χ3v) is 10.2. The zero-order valence-electron chi connectivity index (χ0n) is 17.4. The zero-order chi connectivity index (χ0) is 20.5. The van der Waals surface area contributed by atoms with Gasteiger partial charge in [0.1, 0.15) is 11.3 Å². The van der Waals surface area contributed by atoms with Gasteiger partial charge < -0.3 is 18.6 Å². The minimum Gasteiger partial charge on any atom is -0.493 e. The van der Waals surface area contributed by atoms with Crippen LogP contribution in [0.5, 0.6) is 11.5 Å². The van der Waals surface area contributed by atoms with Gasteiger partial charge in [-0.15, -0.1) is 0 Å². The largest absolute Gasteiger partial charge is 0.493 e. The molecule has 0 saturated heterocycles. The molecular weight excluding hydrogens is 428 g/mol. The summed E-state index contributed by atoms with van der Waals surface area (Å²) >= 11 is 3.43. The number of rotatable bonds is 7. The van der Waals surface area contributed by atoms with Gasteiger partial charge in [0.25, 0.3) is 0 Å². The lowest BCUT2D eigenvalue weighted by atomic mass is 10.1. The molecule has 2 rings (SSSR count). The van der Waals surface area contributed by atoms with E-state index in [1.165, 1.54) is 0 Å². The molecule has 0 bridgehead atoms. The fraction of sp³-hybridized carbons (Fsp3) is 0.650. The van der Waals surface area contributed by atoms with Crippen LogP contribution >= 0.6 is 15.9 Å². The van der Waals surface area contributed by atoms with Crippen LogP contribution < -0.4 is 9.47 Å². The lowest BCUT2D eigenvalue weighted by Gasteiger charge is -2.36. The van der Waals surface area contributed by atoms with Crippen LogP contribution in [0, 0.1) is 0 Å². The summed E-state index contributed by atoms with van der Waals surface area (Å²) in [5.41, 5.74) is 0.334. The number of ether oxygens (including phenoxy) is 3. The van der Waals surface area contributed by atoms with Crippen LogP contribution in [0.1, 0.15) is 57.8 Å². The van der Waals surface area contributed by atoms with E-state index in [2.05, 4.69) is 49.8 Å². The van der Waals surface area contributed by atoms with Crippen LogP contribution in [0.15, 0.2) is 16.6 Å². The summed E-state index contributed by atoms with van der Waals surface area (Å²) in [6, 6.07) is 3.58. The van der Waals surface area contributed by atoms with Crippen molar-refractivity contribution in [2.45, 2.75) is 71.4 Å². The Morgan fingerprint density at radius 3 is 2.37 bits per heavy atom. The summed E-state index contributed by atoms with van der Waals surface area (Å²) < 4.78 is 23.9. The molecule has 1 aliphatic heterocycles. The molecule has 0 saturated carbocycles. The normalized spacial score (nSPS) is 16.4. The number of unbranched alkanes of at least 4 members (excludes halogenated alkanes) is 1. The van der Waals surface area contributed by atoms with E-state index in [1.807, 2.05) is 6.07 Å². The highest BCUT2D eigenvalue weighted by Gasteiger charge is 2.38. The summed E-state index contributed by atoms with van der Waals surface area (Å²) in [4.78, 5) is 12.4. The summed E-state index contributed by atoms with van der Waals surface area (Å²) in [6.45, 7) is 15.9. The van der Waals surface area contributed by atoms with Crippen LogP contribution in [0.4, 0.5) is 0 Å². The van der Waals surface area contributed by atoms with Gasteiger partial charge in [0.15, 0.2) is 14.1 Å². The fourth-order valence-corrected chi connectivity index (χ4v) is 3.92. The predicted molar refractivity (Wildman–Crippen MR) is 112 cm³/mol. The Kier molecular flexibility index (Phi) is 6.70. The van der Waals surface area contributed by atoms with Crippen molar-refractivity contribution < 1.29 is 23.4 Å².